The van der Waals surface area contributed by atoms with Gasteiger partial charge in [0.25, 0.3) is 0 Å². The summed E-state index contributed by atoms with van der Waals surface area (Å²) in [6, 6.07) is 12.3. The summed E-state index contributed by atoms with van der Waals surface area (Å²) in [7, 11) is 10.6. The fourth-order valence-corrected chi connectivity index (χ4v) is 9.79. The van der Waals surface area contributed by atoms with Crippen LogP contribution >= 0.6 is 11.6 Å². The monoisotopic (exact) mass is 1060 g/mol. The second-order valence-electron chi connectivity index (χ2n) is 18.8. The molecule has 19 nitrogen and oxygen atoms in total. The van der Waals surface area contributed by atoms with Gasteiger partial charge in [0, 0.05) is 109 Å². The first-order valence-corrected chi connectivity index (χ1v) is 24.8. The van der Waals surface area contributed by atoms with E-state index < -0.39 is 0 Å². The number of rotatable bonds is 14. The fraction of sp³-hybridized carbons (Fsp3) is 0.429. The van der Waals surface area contributed by atoms with Gasteiger partial charge in [-0.15, -0.1) is 0 Å². The summed E-state index contributed by atoms with van der Waals surface area (Å²) in [4.78, 5) is 25.7. The van der Waals surface area contributed by atoms with Gasteiger partial charge in [0.2, 0.25) is 0 Å². The normalized spacial score (nSPS) is 13.0. The Bertz CT molecular complexity index is 3590. The summed E-state index contributed by atoms with van der Waals surface area (Å²) < 4.78 is 36.4. The molecule has 0 atom stereocenters. The van der Waals surface area contributed by atoms with Crippen LogP contribution in [0.25, 0.3) is 66.1 Å². The van der Waals surface area contributed by atoms with Crippen molar-refractivity contribution < 1.29 is 28.0 Å². The molecule has 0 bridgehead atoms. The molecule has 2 aliphatic carbocycles. The number of aromatic nitrogens is 12. The van der Waals surface area contributed by atoms with Crippen LogP contribution in [0.4, 0.5) is 5.82 Å². The van der Waals surface area contributed by atoms with Crippen LogP contribution in [0, 0.1) is 27.7 Å². The molecular formula is C56H72ClN13O6. The van der Waals surface area contributed by atoms with Crippen LogP contribution in [0.5, 0.6) is 11.5 Å². The molecule has 404 valence electrons. The van der Waals surface area contributed by atoms with E-state index >= 15 is 0 Å². The van der Waals surface area contributed by atoms with Crippen LogP contribution in [0.2, 0.25) is 5.15 Å². The zero-order valence-electron chi connectivity index (χ0n) is 42.9. The number of hydrogen-bond donors (Lipinski definition) is 3. The lowest BCUT2D eigenvalue weighted by molar-refractivity contribution is 0.200. The largest absolute Gasteiger partial charge is 0.496 e. The third-order valence-electron chi connectivity index (χ3n) is 13.6. The topological polar surface area (TPSA) is 234 Å². The number of nitrogens with zero attached hydrogens (tertiary/aromatic N) is 10. The summed E-state index contributed by atoms with van der Waals surface area (Å²) in [5, 5.41) is 21.3. The highest BCUT2D eigenvalue weighted by Gasteiger charge is 2.29. The quantitative estimate of drug-likeness (QED) is 0.0859. The molecule has 0 unspecified atom stereocenters. The maximum atomic E-state index is 6.47. The van der Waals surface area contributed by atoms with E-state index in [0.717, 1.165) is 112 Å². The van der Waals surface area contributed by atoms with Gasteiger partial charge in [-0.1, -0.05) is 44.2 Å². The number of benzene rings is 2. The van der Waals surface area contributed by atoms with Crippen molar-refractivity contribution >= 4 is 61.3 Å². The van der Waals surface area contributed by atoms with E-state index in [4.69, 9.17) is 60.4 Å². The van der Waals surface area contributed by atoms with E-state index in [9.17, 15) is 0 Å². The minimum atomic E-state index is 0. The molecule has 2 saturated carbocycles. The van der Waals surface area contributed by atoms with Crippen LogP contribution in [-0.4, -0.2) is 101 Å². The molecule has 2 aliphatic rings. The predicted octanol–water partition coefficient (Wildman–Crippen LogP) is 11.8. The van der Waals surface area contributed by atoms with Crippen molar-refractivity contribution in [1.82, 2.24) is 59.8 Å². The molecule has 20 heteroatoms. The Labute approximate surface area is 448 Å². The number of halogens is 1. The van der Waals surface area contributed by atoms with Gasteiger partial charge >= 0.3 is 0 Å². The maximum Gasteiger partial charge on any atom is 0.143 e. The molecule has 0 aliphatic heterocycles. The number of aromatic amines is 2. The first kappa shape index (κ1) is 56.4. The van der Waals surface area contributed by atoms with Crippen molar-refractivity contribution in [2.24, 2.45) is 14.1 Å². The second kappa shape index (κ2) is 23.3. The van der Waals surface area contributed by atoms with Gasteiger partial charge in [0.05, 0.1) is 72.4 Å². The molecule has 12 rings (SSSR count). The van der Waals surface area contributed by atoms with Crippen LogP contribution in [-0.2, 0) is 42.8 Å². The number of ether oxygens (including phenoxy) is 4. The second-order valence-corrected chi connectivity index (χ2v) is 19.2. The van der Waals surface area contributed by atoms with Gasteiger partial charge in [-0.3, -0.25) is 9.36 Å². The average Bonchev–Trinajstić information content (AvgIpc) is 4.22. The summed E-state index contributed by atoms with van der Waals surface area (Å²) in [5.74, 6) is 6.43. The van der Waals surface area contributed by atoms with E-state index in [1.165, 1.54) is 37.1 Å². The van der Waals surface area contributed by atoms with E-state index in [1.54, 1.807) is 33.1 Å². The Morgan fingerprint density at radius 2 is 1.11 bits per heavy atom. The molecule has 2 fully saturated rings. The lowest BCUT2D eigenvalue weighted by atomic mass is 10.00. The minimum absolute atomic E-state index is 0. The Kier molecular flexibility index (Phi) is 17.3. The van der Waals surface area contributed by atoms with E-state index in [1.807, 2.05) is 64.7 Å². The minimum Gasteiger partial charge on any atom is -0.496 e. The van der Waals surface area contributed by atoms with Gasteiger partial charge in [-0.05, 0) is 83.7 Å². The van der Waals surface area contributed by atoms with Crippen LogP contribution < -0.4 is 15.2 Å². The summed E-state index contributed by atoms with van der Waals surface area (Å²) in [6.45, 7) is 8.74. The van der Waals surface area contributed by atoms with Gasteiger partial charge in [0.1, 0.15) is 56.9 Å². The van der Waals surface area contributed by atoms with Crippen LogP contribution in [0.15, 0.2) is 45.4 Å². The van der Waals surface area contributed by atoms with E-state index in [0.29, 0.717) is 66.7 Å². The molecule has 0 radical (unpaired) electrons. The van der Waals surface area contributed by atoms with Crippen molar-refractivity contribution in [2.75, 3.05) is 47.4 Å². The number of methoxy groups -OCH3 is 4. The van der Waals surface area contributed by atoms with Crippen molar-refractivity contribution in [1.29, 1.82) is 0 Å². The smallest absolute Gasteiger partial charge is 0.143 e. The number of nitrogen functional groups attached to an aromatic ring is 1. The molecular weight excluding hydrogens is 986 g/mol. The zero-order valence-corrected chi connectivity index (χ0v) is 43.6. The van der Waals surface area contributed by atoms with Crippen LogP contribution in [0.3, 0.4) is 0 Å². The summed E-state index contributed by atoms with van der Waals surface area (Å²) >= 11 is 6.47. The number of aryl methyl sites for hydroxylation is 6. The molecule has 2 aromatic carbocycles. The summed E-state index contributed by atoms with van der Waals surface area (Å²) in [6.07, 6.45) is 6.93. The van der Waals surface area contributed by atoms with Crippen molar-refractivity contribution in [3.63, 3.8) is 0 Å². The predicted molar refractivity (Wildman–Crippen MR) is 300 cm³/mol. The van der Waals surface area contributed by atoms with Gasteiger partial charge < -0.3 is 43.7 Å². The number of nitrogens with one attached hydrogen (secondary N) is 2. The molecule has 0 spiro atoms. The number of nitrogens with two attached hydrogens (primary N) is 1. The standard InChI is InChI=1S/C27H30N6O3.C19H19ClN4O3.C7H11N3.3CH4/c1-14-25(15(2)36-32-14)19-12-21-18(13-23(19)35-5)26-22(28-24(8-9-34-4)30-27(26)29-21)11-17-10-20(16-6-7-16)31-33(17)3;1-9-16(10(2)27-24-9)12-7-13-11(8-14(12)26-4)17-18(20)22-15(5-6-25-3)23-19(17)21-13;1-10-7(8)4-6(9-10)5-2-3-5;;;/h10,12-13,16H,6-9,11H2,1-5H3,(H,28,29,30);7-8H,5-6H2,1-4H3,(H,21,22,23);4-5H,2-3,8H2,1H3;3*1H4. The number of hydrogen-bond acceptors (Lipinski definition) is 15. The maximum absolute atomic E-state index is 6.47. The Morgan fingerprint density at radius 3 is 1.55 bits per heavy atom. The molecule has 0 saturated heterocycles. The van der Waals surface area contributed by atoms with Crippen molar-refractivity contribution in [3.05, 3.63) is 98.9 Å². The van der Waals surface area contributed by atoms with Gasteiger partial charge in [-0.25, -0.2) is 19.9 Å². The SMILES string of the molecule is C.C.C.COCCc1nc(Cc2cc(C3CC3)nn2C)c2c(n1)[nH]c1cc(-c3c(C)noc3C)c(OC)cc12.COCCc1nc(Cl)c2c(n1)[nH]c1cc(-c3c(C)noc3C)c(OC)cc12.Cn1nc(C2CC2)cc1N. The third kappa shape index (κ3) is 11.1. The molecule has 8 aromatic heterocycles. The van der Waals surface area contributed by atoms with Crippen LogP contribution in [0.1, 0.15) is 117 Å². The first-order valence-electron chi connectivity index (χ1n) is 24.4. The Morgan fingerprint density at radius 1 is 0.632 bits per heavy atom. The highest BCUT2D eigenvalue weighted by molar-refractivity contribution is 6.36. The van der Waals surface area contributed by atoms with E-state index in [-0.39, 0.29) is 22.3 Å². The lowest BCUT2D eigenvalue weighted by Crippen LogP contribution is -2.07. The molecule has 8 heterocycles. The number of H-pyrrole nitrogens is 2. The molecule has 4 N–H and O–H groups in total. The lowest BCUT2D eigenvalue weighted by Gasteiger charge is -2.10. The zero-order chi connectivity index (χ0) is 51.2. The molecule has 0 amide bonds. The average molecular weight is 1060 g/mol. The molecule has 76 heavy (non-hydrogen) atoms. The van der Waals surface area contributed by atoms with Gasteiger partial charge in [0.15, 0.2) is 0 Å². The first-order chi connectivity index (χ1) is 35.3. The number of fused-ring (bicyclic) bond motifs is 6. The highest BCUT2D eigenvalue weighted by Crippen LogP contribution is 2.44. The third-order valence-corrected chi connectivity index (χ3v) is 13.9. The Balaban J connectivity index is 0.000000185. The van der Waals surface area contributed by atoms with Gasteiger partial charge in [-0.2, -0.15) is 10.2 Å². The van der Waals surface area contributed by atoms with Crippen molar-refractivity contribution in [2.45, 2.75) is 107 Å². The summed E-state index contributed by atoms with van der Waals surface area (Å²) in [5.41, 5.74) is 18.7. The number of anilines is 1. The Hall–Kier alpha value is -7.35. The van der Waals surface area contributed by atoms with Crippen molar-refractivity contribution in [3.8, 4) is 33.8 Å². The van der Waals surface area contributed by atoms with E-state index in [2.05, 4.69) is 53.5 Å². The highest BCUT2D eigenvalue weighted by atomic mass is 35.5. The fourth-order valence-electron chi connectivity index (χ4n) is 9.50. The molecule has 10 aromatic rings.